The van der Waals surface area contributed by atoms with Gasteiger partial charge in [-0.05, 0) is 0 Å². The molecule has 7 heteroatoms. The van der Waals surface area contributed by atoms with Crippen LogP contribution >= 0.6 is 0 Å². The highest BCUT2D eigenvalue weighted by molar-refractivity contribution is 7.84. The Labute approximate surface area is 90.3 Å². The SMILES string of the molecule is Cn1ncc(C(=O)NCCS(C)=O)c1N. The summed E-state index contributed by atoms with van der Waals surface area (Å²) in [7, 11) is 0.755. The van der Waals surface area contributed by atoms with Crippen molar-refractivity contribution in [3.05, 3.63) is 11.8 Å². The molecule has 15 heavy (non-hydrogen) atoms. The second-order valence-corrected chi connectivity index (χ2v) is 4.65. The zero-order chi connectivity index (χ0) is 11.4. The first-order valence-electron chi connectivity index (χ1n) is 4.38. The van der Waals surface area contributed by atoms with Gasteiger partial charge in [-0.2, -0.15) is 5.10 Å². The van der Waals surface area contributed by atoms with Crippen LogP contribution in [0.15, 0.2) is 6.20 Å². The maximum Gasteiger partial charge on any atom is 0.256 e. The van der Waals surface area contributed by atoms with Crippen LogP contribution in [0.4, 0.5) is 5.82 Å². The van der Waals surface area contributed by atoms with Crippen LogP contribution in [0.1, 0.15) is 10.4 Å². The molecule has 84 valence electrons. The van der Waals surface area contributed by atoms with Gasteiger partial charge in [-0.1, -0.05) is 0 Å². The summed E-state index contributed by atoms with van der Waals surface area (Å²) in [4.78, 5) is 11.5. The largest absolute Gasteiger partial charge is 0.383 e. The summed E-state index contributed by atoms with van der Waals surface area (Å²) in [6, 6.07) is 0. The summed E-state index contributed by atoms with van der Waals surface area (Å²) in [6.45, 7) is 0.371. The van der Waals surface area contributed by atoms with Crippen molar-refractivity contribution in [2.75, 3.05) is 24.3 Å². The number of hydrogen-bond donors (Lipinski definition) is 2. The number of anilines is 1. The quantitative estimate of drug-likeness (QED) is 0.702. The van der Waals surface area contributed by atoms with E-state index in [0.29, 0.717) is 23.7 Å². The van der Waals surface area contributed by atoms with Gasteiger partial charge < -0.3 is 11.1 Å². The first-order valence-corrected chi connectivity index (χ1v) is 6.10. The van der Waals surface area contributed by atoms with Crippen molar-refractivity contribution in [3.63, 3.8) is 0 Å². The Morgan fingerprint density at radius 3 is 2.87 bits per heavy atom. The van der Waals surface area contributed by atoms with Crippen LogP contribution in [0.3, 0.4) is 0 Å². The van der Waals surface area contributed by atoms with E-state index in [1.807, 2.05) is 0 Å². The molecule has 0 bridgehead atoms. The summed E-state index contributed by atoms with van der Waals surface area (Å²) in [5.41, 5.74) is 5.96. The number of carbonyl (C=O) groups excluding carboxylic acids is 1. The van der Waals surface area contributed by atoms with Crippen LogP contribution in [-0.2, 0) is 17.8 Å². The lowest BCUT2D eigenvalue weighted by molar-refractivity contribution is 0.0957. The summed E-state index contributed by atoms with van der Waals surface area (Å²) < 4.78 is 12.2. The molecule has 6 nitrogen and oxygen atoms in total. The number of nitrogens with one attached hydrogen (secondary N) is 1. The van der Waals surface area contributed by atoms with Gasteiger partial charge >= 0.3 is 0 Å². The molecule has 1 heterocycles. The number of nitrogens with two attached hydrogens (primary N) is 1. The van der Waals surface area contributed by atoms with Gasteiger partial charge in [0, 0.05) is 36.4 Å². The molecule has 0 aromatic carbocycles. The smallest absolute Gasteiger partial charge is 0.256 e. The Morgan fingerprint density at radius 1 is 1.73 bits per heavy atom. The zero-order valence-corrected chi connectivity index (χ0v) is 9.50. The van der Waals surface area contributed by atoms with E-state index in [1.165, 1.54) is 10.9 Å². The molecule has 3 N–H and O–H groups in total. The Hall–Kier alpha value is -1.37. The molecular weight excluding hydrogens is 216 g/mol. The molecule has 1 amide bonds. The highest BCUT2D eigenvalue weighted by atomic mass is 32.2. The standard InChI is InChI=1S/C8H14N4O2S/c1-12-7(9)6(5-11-12)8(13)10-3-4-15(2)14/h5H,3-4,9H2,1-2H3,(H,10,13). The zero-order valence-electron chi connectivity index (χ0n) is 8.69. The number of nitrogen functional groups attached to an aromatic ring is 1. The van der Waals surface area contributed by atoms with Crippen LogP contribution in [0.5, 0.6) is 0 Å². The average Bonchev–Trinajstić information content (AvgIpc) is 2.47. The van der Waals surface area contributed by atoms with Gasteiger partial charge in [0.25, 0.3) is 5.91 Å². The van der Waals surface area contributed by atoms with E-state index in [0.717, 1.165) is 0 Å². The predicted molar refractivity (Wildman–Crippen MR) is 58.9 cm³/mol. The van der Waals surface area contributed by atoms with Crippen molar-refractivity contribution in [2.45, 2.75) is 0 Å². The third-order valence-corrected chi connectivity index (χ3v) is 2.68. The minimum Gasteiger partial charge on any atom is -0.383 e. The number of hydrogen-bond acceptors (Lipinski definition) is 4. The van der Waals surface area contributed by atoms with Crippen molar-refractivity contribution >= 4 is 22.5 Å². The fraction of sp³-hybridized carbons (Fsp3) is 0.500. The Kier molecular flexibility index (Phi) is 3.84. The number of nitrogens with zero attached hydrogens (tertiary/aromatic N) is 2. The van der Waals surface area contributed by atoms with Crippen LogP contribution in [0.25, 0.3) is 0 Å². The van der Waals surface area contributed by atoms with Gasteiger partial charge in [-0.3, -0.25) is 13.7 Å². The number of aromatic nitrogens is 2. The predicted octanol–water partition coefficient (Wildman–Crippen LogP) is -0.889. The number of amides is 1. The molecule has 0 saturated heterocycles. The van der Waals surface area contributed by atoms with Crippen LogP contribution in [0.2, 0.25) is 0 Å². The van der Waals surface area contributed by atoms with Crippen molar-refractivity contribution in [2.24, 2.45) is 7.05 Å². The van der Waals surface area contributed by atoms with E-state index in [4.69, 9.17) is 5.73 Å². The van der Waals surface area contributed by atoms with Crippen molar-refractivity contribution in [1.29, 1.82) is 0 Å². The summed E-state index contributed by atoms with van der Waals surface area (Å²) in [5.74, 6) is 0.475. The minimum absolute atomic E-state index is 0.286. The first-order chi connectivity index (χ1) is 7.02. The lowest BCUT2D eigenvalue weighted by atomic mass is 10.3. The Balaban J connectivity index is 2.54. The molecule has 1 atom stereocenters. The van der Waals surface area contributed by atoms with E-state index >= 15 is 0 Å². The van der Waals surface area contributed by atoms with Crippen LogP contribution in [-0.4, -0.2) is 38.4 Å². The third kappa shape index (κ3) is 3.05. The van der Waals surface area contributed by atoms with E-state index in [-0.39, 0.29) is 5.91 Å². The first kappa shape index (κ1) is 11.7. The summed E-state index contributed by atoms with van der Waals surface area (Å²) >= 11 is 0. The molecule has 0 saturated carbocycles. The average molecular weight is 230 g/mol. The van der Waals surface area contributed by atoms with Gasteiger partial charge in [0.1, 0.15) is 11.4 Å². The van der Waals surface area contributed by atoms with Crippen LogP contribution in [0, 0.1) is 0 Å². The van der Waals surface area contributed by atoms with Gasteiger partial charge in [0.15, 0.2) is 0 Å². The second kappa shape index (κ2) is 4.92. The maximum atomic E-state index is 11.5. The van der Waals surface area contributed by atoms with E-state index in [1.54, 1.807) is 13.3 Å². The molecule has 0 aliphatic carbocycles. The van der Waals surface area contributed by atoms with Crippen LogP contribution < -0.4 is 11.1 Å². The van der Waals surface area contributed by atoms with Gasteiger partial charge in [-0.25, -0.2) is 0 Å². The van der Waals surface area contributed by atoms with Gasteiger partial charge in [0.2, 0.25) is 0 Å². The topological polar surface area (TPSA) is 90.0 Å². The Morgan fingerprint density at radius 2 is 2.40 bits per heavy atom. The molecule has 1 rings (SSSR count). The molecule has 0 spiro atoms. The molecule has 0 radical (unpaired) electrons. The molecule has 1 unspecified atom stereocenters. The molecule has 1 aromatic heterocycles. The Bertz CT molecular complexity index is 388. The molecular formula is C8H14N4O2S. The number of aryl methyl sites for hydroxylation is 1. The summed E-state index contributed by atoms with van der Waals surface area (Å²) in [5, 5.41) is 6.47. The molecule has 0 aliphatic rings. The second-order valence-electron chi connectivity index (χ2n) is 3.10. The lowest BCUT2D eigenvalue weighted by Crippen LogP contribution is -2.27. The number of carbonyl (C=O) groups is 1. The fourth-order valence-corrected chi connectivity index (χ4v) is 1.41. The van der Waals surface area contributed by atoms with Crippen molar-refractivity contribution in [1.82, 2.24) is 15.1 Å². The normalized spacial score (nSPS) is 12.4. The van der Waals surface area contributed by atoms with E-state index in [2.05, 4.69) is 10.4 Å². The minimum atomic E-state index is -0.905. The number of rotatable bonds is 4. The third-order valence-electron chi connectivity index (χ3n) is 1.90. The van der Waals surface area contributed by atoms with E-state index < -0.39 is 10.8 Å². The van der Waals surface area contributed by atoms with Gasteiger partial charge in [0.05, 0.1) is 6.20 Å². The van der Waals surface area contributed by atoms with Crippen molar-refractivity contribution in [3.8, 4) is 0 Å². The fourth-order valence-electron chi connectivity index (χ4n) is 1.03. The van der Waals surface area contributed by atoms with E-state index in [9.17, 15) is 9.00 Å². The molecule has 1 aromatic rings. The maximum absolute atomic E-state index is 11.5. The monoisotopic (exact) mass is 230 g/mol. The molecule has 0 aliphatic heterocycles. The summed E-state index contributed by atoms with van der Waals surface area (Å²) in [6.07, 6.45) is 3.00. The van der Waals surface area contributed by atoms with Gasteiger partial charge in [-0.15, -0.1) is 0 Å². The highest BCUT2D eigenvalue weighted by Gasteiger charge is 2.12. The highest BCUT2D eigenvalue weighted by Crippen LogP contribution is 2.08. The molecule has 0 fully saturated rings. The van der Waals surface area contributed by atoms with Crippen molar-refractivity contribution < 1.29 is 9.00 Å². The lowest BCUT2D eigenvalue weighted by Gasteiger charge is -2.02.